The minimum atomic E-state index is 0.553. The molecule has 0 amide bonds. The molecule has 0 radical (unpaired) electrons. The summed E-state index contributed by atoms with van der Waals surface area (Å²) in [5, 5.41) is 4.59. The molecule has 0 aromatic rings. The summed E-state index contributed by atoms with van der Waals surface area (Å²) in [6.45, 7) is 4.41. The molecular weight excluding hydrogens is 262 g/mol. The second kappa shape index (κ2) is 8.72. The first-order chi connectivity index (χ1) is 8.90. The molecule has 2 aliphatic rings. The smallest absolute Gasteiger partial charge is 0.0576 e. The van der Waals surface area contributed by atoms with Gasteiger partial charge in [-0.3, -0.25) is 0 Å². The summed E-state index contributed by atoms with van der Waals surface area (Å²) in [6.07, 6.45) is 6.89. The Morgan fingerprint density at radius 1 is 1.39 bits per heavy atom. The van der Waals surface area contributed by atoms with Gasteiger partial charge in [-0.25, -0.2) is 0 Å². The molecule has 2 nitrogen and oxygen atoms in total. The lowest BCUT2D eigenvalue weighted by Gasteiger charge is -2.31. The summed E-state index contributed by atoms with van der Waals surface area (Å²) in [5.74, 6) is 4.00. The van der Waals surface area contributed by atoms with Crippen LogP contribution in [-0.2, 0) is 4.74 Å². The lowest BCUT2D eigenvalue weighted by molar-refractivity contribution is 0.0996. The van der Waals surface area contributed by atoms with Crippen LogP contribution in [0.2, 0.25) is 0 Å². The molecule has 1 N–H and O–H groups in total. The van der Waals surface area contributed by atoms with E-state index in [1.165, 1.54) is 49.4 Å². The molecule has 3 atom stereocenters. The Hall–Kier alpha value is 0.620. The summed E-state index contributed by atoms with van der Waals surface area (Å²) >= 11 is 4.31. The zero-order valence-electron chi connectivity index (χ0n) is 11.5. The summed E-state index contributed by atoms with van der Waals surface area (Å²) in [4.78, 5) is 0. The van der Waals surface area contributed by atoms with Crippen LogP contribution in [0.15, 0.2) is 0 Å². The Labute approximate surface area is 120 Å². The maximum atomic E-state index is 5.76. The summed E-state index contributed by atoms with van der Waals surface area (Å²) < 4.78 is 5.76. The first kappa shape index (κ1) is 15.0. The Morgan fingerprint density at radius 3 is 3.00 bits per heavy atom. The molecule has 4 heteroatoms. The molecule has 3 unspecified atom stereocenters. The van der Waals surface area contributed by atoms with E-state index < -0.39 is 0 Å². The topological polar surface area (TPSA) is 21.3 Å². The highest BCUT2D eigenvalue weighted by molar-refractivity contribution is 8.06. The molecule has 2 rings (SSSR count). The van der Waals surface area contributed by atoms with E-state index in [4.69, 9.17) is 4.74 Å². The van der Waals surface area contributed by atoms with Gasteiger partial charge in [0.2, 0.25) is 0 Å². The zero-order chi connectivity index (χ0) is 12.6. The quantitative estimate of drug-likeness (QED) is 0.777. The van der Waals surface area contributed by atoms with Crippen molar-refractivity contribution < 1.29 is 4.74 Å². The van der Waals surface area contributed by atoms with Crippen LogP contribution < -0.4 is 5.32 Å². The van der Waals surface area contributed by atoms with Crippen molar-refractivity contribution in [3.8, 4) is 0 Å². The van der Waals surface area contributed by atoms with Crippen molar-refractivity contribution in [2.75, 3.05) is 30.4 Å². The third-order valence-electron chi connectivity index (χ3n) is 3.77. The van der Waals surface area contributed by atoms with E-state index in [0.717, 1.165) is 18.4 Å². The molecule has 2 aliphatic heterocycles. The van der Waals surface area contributed by atoms with Crippen LogP contribution in [0.3, 0.4) is 0 Å². The van der Waals surface area contributed by atoms with E-state index in [0.29, 0.717) is 12.1 Å². The van der Waals surface area contributed by atoms with Gasteiger partial charge in [-0.15, -0.1) is 0 Å². The van der Waals surface area contributed by atoms with E-state index in [1.807, 2.05) is 0 Å². The SMILES string of the molecule is CCCNC(CCC1CCCO1)C1CSCCS1. The number of nitrogens with one attached hydrogen (secondary N) is 1. The van der Waals surface area contributed by atoms with Gasteiger partial charge >= 0.3 is 0 Å². The van der Waals surface area contributed by atoms with Crippen LogP contribution in [0, 0.1) is 0 Å². The van der Waals surface area contributed by atoms with Crippen molar-refractivity contribution >= 4 is 23.5 Å². The van der Waals surface area contributed by atoms with Gasteiger partial charge in [0.15, 0.2) is 0 Å². The maximum absolute atomic E-state index is 5.76. The third-order valence-corrected chi connectivity index (χ3v) is 6.69. The lowest BCUT2D eigenvalue weighted by Crippen LogP contribution is -2.41. The molecule has 2 saturated heterocycles. The molecular formula is C14H27NOS2. The second-order valence-corrected chi connectivity index (χ2v) is 7.75. The lowest BCUT2D eigenvalue weighted by atomic mass is 10.0. The molecule has 0 aromatic heterocycles. The number of hydrogen-bond acceptors (Lipinski definition) is 4. The van der Waals surface area contributed by atoms with Crippen LogP contribution in [0.25, 0.3) is 0 Å². The fourth-order valence-electron chi connectivity index (χ4n) is 2.72. The molecule has 106 valence electrons. The molecule has 0 aromatic carbocycles. The Balaban J connectivity index is 1.75. The van der Waals surface area contributed by atoms with Gasteiger partial charge in [0.05, 0.1) is 6.10 Å². The monoisotopic (exact) mass is 289 g/mol. The van der Waals surface area contributed by atoms with Crippen LogP contribution in [0.5, 0.6) is 0 Å². The molecule has 2 heterocycles. The zero-order valence-corrected chi connectivity index (χ0v) is 13.2. The average molecular weight is 290 g/mol. The minimum Gasteiger partial charge on any atom is -0.378 e. The Bertz CT molecular complexity index is 216. The summed E-state index contributed by atoms with van der Waals surface area (Å²) in [6, 6.07) is 0.701. The number of rotatable bonds is 7. The second-order valence-electron chi connectivity index (χ2n) is 5.26. The first-order valence-corrected chi connectivity index (χ1v) is 9.65. The van der Waals surface area contributed by atoms with Gasteiger partial charge < -0.3 is 10.1 Å². The fraction of sp³-hybridized carbons (Fsp3) is 1.00. The Morgan fingerprint density at radius 2 is 2.33 bits per heavy atom. The van der Waals surface area contributed by atoms with Gasteiger partial charge in [-0.05, 0) is 38.6 Å². The van der Waals surface area contributed by atoms with Crippen LogP contribution >= 0.6 is 23.5 Å². The number of thioether (sulfide) groups is 2. The molecule has 0 bridgehead atoms. The summed E-state index contributed by atoms with van der Waals surface area (Å²) in [5.41, 5.74) is 0. The van der Waals surface area contributed by atoms with E-state index in [9.17, 15) is 0 Å². The molecule has 18 heavy (non-hydrogen) atoms. The van der Waals surface area contributed by atoms with E-state index in [1.54, 1.807) is 0 Å². The maximum Gasteiger partial charge on any atom is 0.0576 e. The first-order valence-electron chi connectivity index (χ1n) is 7.44. The predicted octanol–water partition coefficient (Wildman–Crippen LogP) is 3.16. The fourth-order valence-corrected chi connectivity index (χ4v) is 5.65. The molecule has 2 fully saturated rings. The van der Waals surface area contributed by atoms with Gasteiger partial charge in [0.25, 0.3) is 0 Å². The van der Waals surface area contributed by atoms with E-state index in [-0.39, 0.29) is 0 Å². The highest BCUT2D eigenvalue weighted by Crippen LogP contribution is 2.29. The van der Waals surface area contributed by atoms with Gasteiger partial charge in [0.1, 0.15) is 0 Å². The minimum absolute atomic E-state index is 0.553. The molecule has 0 saturated carbocycles. The average Bonchev–Trinajstić information content (AvgIpc) is 2.93. The largest absolute Gasteiger partial charge is 0.378 e. The van der Waals surface area contributed by atoms with E-state index >= 15 is 0 Å². The van der Waals surface area contributed by atoms with Crippen molar-refractivity contribution in [2.24, 2.45) is 0 Å². The predicted molar refractivity (Wildman–Crippen MR) is 83.9 cm³/mol. The van der Waals surface area contributed by atoms with Crippen LogP contribution in [0.4, 0.5) is 0 Å². The van der Waals surface area contributed by atoms with Crippen LogP contribution in [-0.4, -0.2) is 47.8 Å². The van der Waals surface area contributed by atoms with Crippen molar-refractivity contribution in [3.63, 3.8) is 0 Å². The van der Waals surface area contributed by atoms with Gasteiger partial charge in [-0.1, -0.05) is 6.92 Å². The van der Waals surface area contributed by atoms with Gasteiger partial charge in [0, 0.05) is 35.2 Å². The molecule has 0 spiro atoms. The summed E-state index contributed by atoms with van der Waals surface area (Å²) in [7, 11) is 0. The van der Waals surface area contributed by atoms with Crippen molar-refractivity contribution in [1.82, 2.24) is 5.32 Å². The molecule has 0 aliphatic carbocycles. The third kappa shape index (κ3) is 4.95. The van der Waals surface area contributed by atoms with Gasteiger partial charge in [-0.2, -0.15) is 23.5 Å². The van der Waals surface area contributed by atoms with Crippen molar-refractivity contribution in [2.45, 2.75) is 56.4 Å². The normalized spacial score (nSPS) is 30.5. The van der Waals surface area contributed by atoms with Crippen molar-refractivity contribution in [1.29, 1.82) is 0 Å². The highest BCUT2D eigenvalue weighted by Gasteiger charge is 2.25. The van der Waals surface area contributed by atoms with Crippen molar-refractivity contribution in [3.05, 3.63) is 0 Å². The number of hydrogen-bond donors (Lipinski definition) is 1. The number of ether oxygens (including phenoxy) is 1. The highest BCUT2D eigenvalue weighted by atomic mass is 32.2. The standard InChI is InChI=1S/C14H27NOS2/c1-2-7-15-13(14-11-17-9-10-18-14)6-5-12-4-3-8-16-12/h12-15H,2-11H2,1H3. The Kier molecular flexibility index (Phi) is 7.28. The van der Waals surface area contributed by atoms with E-state index in [2.05, 4.69) is 35.8 Å². The van der Waals surface area contributed by atoms with Crippen LogP contribution in [0.1, 0.15) is 39.0 Å².